The van der Waals surface area contributed by atoms with Crippen molar-refractivity contribution in [3.05, 3.63) is 17.4 Å². The minimum Gasteiger partial charge on any atom is -0.744 e. The maximum atomic E-state index is 11.6. The Balaban J connectivity index is 1.78. The van der Waals surface area contributed by atoms with Gasteiger partial charge in [-0.05, 0) is 38.5 Å². The van der Waals surface area contributed by atoms with Crippen molar-refractivity contribution in [2.75, 3.05) is 6.54 Å². The summed E-state index contributed by atoms with van der Waals surface area (Å²) in [4.78, 5) is 0. The van der Waals surface area contributed by atoms with Gasteiger partial charge in [0.25, 0.3) is 0 Å². The number of nitrogens with one attached hydrogen (secondary N) is 1. The van der Waals surface area contributed by atoms with E-state index in [1.807, 2.05) is 0 Å². The van der Waals surface area contributed by atoms with Gasteiger partial charge in [0.15, 0.2) is 0 Å². The molecule has 1 atom stereocenters. The van der Waals surface area contributed by atoms with Crippen molar-refractivity contribution >= 4 is 5.96 Å². The zero-order valence-corrected chi connectivity index (χ0v) is 16.5. The van der Waals surface area contributed by atoms with Crippen molar-refractivity contribution in [2.24, 2.45) is 5.73 Å². The number of hydrogen-bond donors (Lipinski definition) is 2. The summed E-state index contributed by atoms with van der Waals surface area (Å²) >= 11 is 0. The maximum Gasteiger partial charge on any atom is 0.344 e. The Morgan fingerprint density at radius 1 is 0.920 bits per heavy atom. The number of hydrogen-bond acceptors (Lipinski definition) is 3. The predicted octanol–water partition coefficient (Wildman–Crippen LogP) is 5.21. The number of nitrogens with two attached hydrogens (primary N) is 1. The van der Waals surface area contributed by atoms with E-state index in [1.165, 1.54) is 83.5 Å². The molecule has 3 N–H and O–H groups in total. The molecule has 0 fully saturated rings. The first-order valence-corrected chi connectivity index (χ1v) is 10.7. The largest absolute Gasteiger partial charge is 0.744 e. The van der Waals surface area contributed by atoms with Crippen molar-refractivity contribution in [2.45, 2.75) is 109 Å². The van der Waals surface area contributed by atoms with Gasteiger partial charge in [0, 0.05) is 0 Å². The van der Waals surface area contributed by atoms with Gasteiger partial charge in [-0.2, -0.15) is 0 Å². The first-order chi connectivity index (χ1) is 12.3. The van der Waals surface area contributed by atoms with Gasteiger partial charge in [0.2, 0.25) is 0 Å². The SMILES string of the molecule is CCCCCCCC/C=C\CCCCCCCCC1CNC(N)=[N+]1[O-]. The molecule has 0 aromatic heterocycles. The van der Waals surface area contributed by atoms with Crippen LogP contribution in [0.1, 0.15) is 103 Å². The summed E-state index contributed by atoms with van der Waals surface area (Å²) in [6.45, 7) is 2.98. The lowest BCUT2D eigenvalue weighted by Crippen LogP contribution is -2.29. The van der Waals surface area contributed by atoms with Crippen LogP contribution in [0.4, 0.5) is 0 Å². The highest BCUT2D eigenvalue weighted by molar-refractivity contribution is 5.73. The molecule has 0 aromatic rings. The Kier molecular flexibility index (Phi) is 13.2. The first kappa shape index (κ1) is 21.9. The summed E-state index contributed by atoms with van der Waals surface area (Å²) in [5.41, 5.74) is 5.54. The molecule has 0 aromatic carbocycles. The van der Waals surface area contributed by atoms with E-state index in [2.05, 4.69) is 24.4 Å². The molecule has 4 nitrogen and oxygen atoms in total. The van der Waals surface area contributed by atoms with E-state index in [0.717, 1.165) is 17.6 Å². The van der Waals surface area contributed by atoms with Gasteiger partial charge >= 0.3 is 5.96 Å². The average molecular weight is 352 g/mol. The molecule has 1 heterocycles. The van der Waals surface area contributed by atoms with E-state index in [0.29, 0.717) is 6.54 Å². The fourth-order valence-electron chi connectivity index (χ4n) is 3.43. The molecule has 4 heteroatoms. The molecule has 0 aliphatic carbocycles. The van der Waals surface area contributed by atoms with Gasteiger partial charge in [-0.15, -0.1) is 0 Å². The van der Waals surface area contributed by atoms with E-state index in [1.54, 1.807) is 0 Å². The van der Waals surface area contributed by atoms with E-state index in [-0.39, 0.29) is 12.0 Å². The van der Waals surface area contributed by atoms with Gasteiger partial charge in [0.1, 0.15) is 6.04 Å². The standard InChI is InChI=1S/C21H41N3O/c1-2-3-4-5-6-7-8-9-10-11-12-13-14-15-16-17-18-20-19-23-21(22)24(20)25/h9-10,20,23H,2-8,11-19,22H2,1H3/b10-9-. The van der Waals surface area contributed by atoms with Gasteiger partial charge in [0.05, 0.1) is 6.54 Å². The minimum absolute atomic E-state index is 0.0526. The number of nitrogens with zero attached hydrogens (tertiary/aromatic N) is 1. The lowest BCUT2D eigenvalue weighted by atomic mass is 10.1. The Hall–Kier alpha value is -1.19. The van der Waals surface area contributed by atoms with Crippen LogP contribution in [0.5, 0.6) is 0 Å². The molecule has 0 spiro atoms. The van der Waals surface area contributed by atoms with Crippen LogP contribution in [-0.2, 0) is 0 Å². The van der Waals surface area contributed by atoms with Gasteiger partial charge in [-0.1, -0.05) is 76.9 Å². The molecule has 0 amide bonds. The zero-order chi connectivity index (χ0) is 18.2. The molecule has 1 aliphatic rings. The fourth-order valence-corrected chi connectivity index (χ4v) is 3.43. The highest BCUT2D eigenvalue weighted by Gasteiger charge is 2.22. The van der Waals surface area contributed by atoms with Crippen LogP contribution in [0.25, 0.3) is 0 Å². The van der Waals surface area contributed by atoms with Crippen LogP contribution in [0, 0.1) is 5.21 Å². The fraction of sp³-hybridized carbons (Fsp3) is 0.857. The third-order valence-electron chi connectivity index (χ3n) is 5.14. The second-order valence-electron chi connectivity index (χ2n) is 7.47. The summed E-state index contributed by atoms with van der Waals surface area (Å²) in [5, 5.41) is 14.5. The van der Waals surface area contributed by atoms with Gasteiger partial charge in [-0.25, -0.2) is 0 Å². The molecule has 146 valence electrons. The summed E-state index contributed by atoms with van der Waals surface area (Å²) < 4.78 is 0.942. The molecule has 1 aliphatic heterocycles. The smallest absolute Gasteiger partial charge is 0.344 e. The molecule has 0 radical (unpaired) electrons. The number of hydroxylamine groups is 1. The molecule has 1 rings (SSSR count). The first-order valence-electron chi connectivity index (χ1n) is 10.7. The van der Waals surface area contributed by atoms with Crippen molar-refractivity contribution in [3.63, 3.8) is 0 Å². The van der Waals surface area contributed by atoms with Gasteiger partial charge < -0.3 is 5.21 Å². The third-order valence-corrected chi connectivity index (χ3v) is 5.14. The van der Waals surface area contributed by atoms with Crippen LogP contribution in [-0.4, -0.2) is 23.3 Å². The zero-order valence-electron chi connectivity index (χ0n) is 16.5. The Morgan fingerprint density at radius 3 is 1.96 bits per heavy atom. The Bertz CT molecular complexity index is 379. The van der Waals surface area contributed by atoms with Crippen LogP contribution >= 0.6 is 0 Å². The van der Waals surface area contributed by atoms with Crippen molar-refractivity contribution in [1.82, 2.24) is 5.32 Å². The number of allylic oxidation sites excluding steroid dienone is 2. The maximum absolute atomic E-state index is 11.6. The topological polar surface area (TPSA) is 64.1 Å². The minimum atomic E-state index is 0.0526. The van der Waals surface area contributed by atoms with Crippen LogP contribution < -0.4 is 11.1 Å². The summed E-state index contributed by atoms with van der Waals surface area (Å²) in [7, 11) is 0. The van der Waals surface area contributed by atoms with E-state index < -0.39 is 0 Å². The second kappa shape index (κ2) is 15.1. The van der Waals surface area contributed by atoms with Crippen LogP contribution in [0.15, 0.2) is 12.2 Å². The summed E-state index contributed by atoms with van der Waals surface area (Å²) in [6.07, 6.45) is 24.2. The number of guanidine groups is 1. The Labute approximate surface area is 155 Å². The molecule has 0 saturated carbocycles. The normalized spacial score (nSPS) is 17.6. The quantitative estimate of drug-likeness (QED) is 0.174. The van der Waals surface area contributed by atoms with Crippen molar-refractivity contribution < 1.29 is 4.74 Å². The van der Waals surface area contributed by atoms with Crippen LogP contribution in [0.2, 0.25) is 0 Å². The second-order valence-corrected chi connectivity index (χ2v) is 7.47. The Morgan fingerprint density at radius 2 is 1.44 bits per heavy atom. The van der Waals surface area contributed by atoms with Crippen molar-refractivity contribution in [1.29, 1.82) is 0 Å². The highest BCUT2D eigenvalue weighted by atomic mass is 16.5. The monoisotopic (exact) mass is 351 g/mol. The van der Waals surface area contributed by atoms with E-state index in [9.17, 15) is 5.21 Å². The molecular weight excluding hydrogens is 310 g/mol. The predicted molar refractivity (Wildman–Crippen MR) is 109 cm³/mol. The highest BCUT2D eigenvalue weighted by Crippen LogP contribution is 2.12. The number of unbranched alkanes of at least 4 members (excludes halogenated alkanes) is 12. The van der Waals surface area contributed by atoms with Crippen LogP contribution in [0.3, 0.4) is 0 Å². The molecule has 0 bridgehead atoms. The lowest BCUT2D eigenvalue weighted by Gasteiger charge is -2.15. The number of rotatable bonds is 16. The average Bonchev–Trinajstić information content (AvgIpc) is 2.93. The summed E-state index contributed by atoms with van der Waals surface area (Å²) in [5.74, 6) is 0.287. The summed E-state index contributed by atoms with van der Waals surface area (Å²) in [6, 6.07) is 0.0526. The molecule has 25 heavy (non-hydrogen) atoms. The third kappa shape index (κ3) is 11.1. The lowest BCUT2D eigenvalue weighted by molar-refractivity contribution is -0.491. The van der Waals surface area contributed by atoms with E-state index >= 15 is 0 Å². The molecular formula is C21H41N3O. The molecule has 0 saturated heterocycles. The van der Waals surface area contributed by atoms with Gasteiger partial charge in [-0.3, -0.25) is 15.8 Å². The van der Waals surface area contributed by atoms with Crippen molar-refractivity contribution in [3.8, 4) is 0 Å². The van der Waals surface area contributed by atoms with E-state index in [4.69, 9.17) is 5.73 Å². The molecule has 1 unspecified atom stereocenters.